The molecule has 4 amide bonds. The summed E-state index contributed by atoms with van der Waals surface area (Å²) >= 11 is 6.08. The topological polar surface area (TPSA) is 119 Å². The first-order chi connectivity index (χ1) is 18.3. The second-order valence-corrected chi connectivity index (χ2v) is 8.79. The monoisotopic (exact) mass is 527 g/mol. The molecular weight excluding hydrogens is 510 g/mol. The van der Waals surface area contributed by atoms with Crippen molar-refractivity contribution in [2.24, 2.45) is 0 Å². The number of barbiturate groups is 1. The van der Waals surface area contributed by atoms with Crippen LogP contribution < -0.4 is 15.0 Å². The van der Waals surface area contributed by atoms with Crippen molar-refractivity contribution in [3.63, 3.8) is 0 Å². The van der Waals surface area contributed by atoms with E-state index in [9.17, 15) is 24.5 Å². The number of hydrogen-bond acceptors (Lipinski definition) is 6. The molecule has 0 unspecified atom stereocenters. The molecule has 0 radical (unpaired) electrons. The van der Waals surface area contributed by atoms with Crippen LogP contribution in [0.15, 0.2) is 90.5 Å². The van der Waals surface area contributed by atoms with E-state index in [2.05, 4.69) is 5.32 Å². The molecule has 0 aliphatic carbocycles. The molecule has 0 atom stereocenters. The van der Waals surface area contributed by atoms with Gasteiger partial charge in [0.25, 0.3) is 17.5 Å². The normalized spacial score (nSPS) is 14.6. The molecule has 1 aliphatic heterocycles. The zero-order valence-corrected chi connectivity index (χ0v) is 20.3. The number of fused-ring (bicyclic) bond motifs is 1. The standard InChI is InChI=1S/C28H18ClN3O6/c29-19-7-3-5-17(13-19)16-38-25-12-11-18-6-1-2-10-22(18)23(25)15-24-26(33)30-28(35)31(27(24)34)20-8-4-9-21(14-20)32(36)37/h1-15H,16H2,(H,30,33,35)/b24-15+. The maximum absolute atomic E-state index is 13.4. The minimum Gasteiger partial charge on any atom is -0.488 e. The fourth-order valence-electron chi connectivity index (χ4n) is 4.12. The molecule has 1 aliphatic rings. The number of nitro benzene ring substituents is 1. The van der Waals surface area contributed by atoms with Gasteiger partial charge in [0, 0.05) is 22.7 Å². The van der Waals surface area contributed by atoms with E-state index < -0.39 is 22.8 Å². The Morgan fingerprint density at radius 1 is 0.947 bits per heavy atom. The third-order valence-electron chi connectivity index (χ3n) is 5.90. The number of imide groups is 2. The second-order valence-electron chi connectivity index (χ2n) is 8.35. The van der Waals surface area contributed by atoms with Crippen LogP contribution in [-0.4, -0.2) is 22.8 Å². The fourth-order valence-corrected chi connectivity index (χ4v) is 4.33. The molecule has 4 aromatic rings. The molecule has 1 saturated heterocycles. The lowest BCUT2D eigenvalue weighted by Gasteiger charge is -2.26. The van der Waals surface area contributed by atoms with Crippen molar-refractivity contribution in [2.75, 3.05) is 4.90 Å². The number of halogens is 1. The third-order valence-corrected chi connectivity index (χ3v) is 6.14. The Morgan fingerprint density at radius 2 is 1.74 bits per heavy atom. The summed E-state index contributed by atoms with van der Waals surface area (Å²) in [7, 11) is 0. The van der Waals surface area contributed by atoms with Gasteiger partial charge in [0.15, 0.2) is 0 Å². The van der Waals surface area contributed by atoms with Gasteiger partial charge in [0.2, 0.25) is 0 Å². The maximum atomic E-state index is 13.4. The van der Waals surface area contributed by atoms with Crippen molar-refractivity contribution >= 4 is 57.7 Å². The summed E-state index contributed by atoms with van der Waals surface area (Å²) in [4.78, 5) is 50.1. The number of nitrogens with one attached hydrogen (secondary N) is 1. The van der Waals surface area contributed by atoms with E-state index in [1.807, 2.05) is 36.4 Å². The number of non-ortho nitro benzene ring substituents is 1. The molecule has 0 saturated carbocycles. The van der Waals surface area contributed by atoms with E-state index in [0.29, 0.717) is 26.6 Å². The van der Waals surface area contributed by atoms with E-state index in [0.717, 1.165) is 17.0 Å². The van der Waals surface area contributed by atoms with Gasteiger partial charge in [-0.05, 0) is 46.7 Å². The minimum atomic E-state index is -1.01. The number of nitrogens with zero attached hydrogens (tertiary/aromatic N) is 2. The first-order valence-corrected chi connectivity index (χ1v) is 11.7. The highest BCUT2D eigenvalue weighted by Gasteiger charge is 2.37. The van der Waals surface area contributed by atoms with Gasteiger partial charge in [-0.3, -0.25) is 25.0 Å². The van der Waals surface area contributed by atoms with Gasteiger partial charge in [-0.1, -0.05) is 60.1 Å². The van der Waals surface area contributed by atoms with Crippen LogP contribution in [0.2, 0.25) is 5.02 Å². The molecule has 1 N–H and O–H groups in total. The number of benzene rings is 4. The van der Waals surface area contributed by atoms with Gasteiger partial charge >= 0.3 is 6.03 Å². The number of rotatable bonds is 6. The van der Waals surface area contributed by atoms with Crippen LogP contribution in [0.4, 0.5) is 16.2 Å². The smallest absolute Gasteiger partial charge is 0.335 e. The highest BCUT2D eigenvalue weighted by molar-refractivity contribution is 6.39. The van der Waals surface area contributed by atoms with E-state index in [1.54, 1.807) is 24.3 Å². The summed E-state index contributed by atoms with van der Waals surface area (Å²) in [5, 5.41) is 15.5. The summed E-state index contributed by atoms with van der Waals surface area (Å²) in [5.41, 5.74) is 0.585. The number of amides is 4. The molecule has 1 fully saturated rings. The first kappa shape index (κ1) is 24.7. The highest BCUT2D eigenvalue weighted by atomic mass is 35.5. The van der Waals surface area contributed by atoms with E-state index in [-0.39, 0.29) is 23.6 Å². The van der Waals surface area contributed by atoms with Crippen molar-refractivity contribution in [2.45, 2.75) is 6.61 Å². The van der Waals surface area contributed by atoms with Gasteiger partial charge in [-0.25, -0.2) is 9.69 Å². The lowest BCUT2D eigenvalue weighted by molar-refractivity contribution is -0.384. The Bertz CT molecular complexity index is 1670. The Morgan fingerprint density at radius 3 is 2.53 bits per heavy atom. The van der Waals surface area contributed by atoms with Crippen LogP contribution in [0, 0.1) is 10.1 Å². The maximum Gasteiger partial charge on any atom is 0.335 e. The van der Waals surface area contributed by atoms with E-state index in [4.69, 9.17) is 16.3 Å². The summed E-state index contributed by atoms with van der Waals surface area (Å²) < 4.78 is 6.07. The molecule has 1 heterocycles. The molecule has 0 spiro atoms. The number of carbonyl (C=O) groups is 3. The van der Waals surface area contributed by atoms with Crippen molar-refractivity contribution in [1.82, 2.24) is 5.32 Å². The van der Waals surface area contributed by atoms with Crippen LogP contribution in [0.5, 0.6) is 5.75 Å². The molecule has 0 bridgehead atoms. The first-order valence-electron chi connectivity index (χ1n) is 11.4. The van der Waals surface area contributed by atoms with Gasteiger partial charge < -0.3 is 4.74 Å². The second kappa shape index (κ2) is 10.2. The van der Waals surface area contributed by atoms with Crippen molar-refractivity contribution < 1.29 is 24.0 Å². The highest BCUT2D eigenvalue weighted by Crippen LogP contribution is 2.33. The number of anilines is 1. The molecule has 9 nitrogen and oxygen atoms in total. The molecule has 5 rings (SSSR count). The average Bonchev–Trinajstić information content (AvgIpc) is 2.90. The quantitative estimate of drug-likeness (QED) is 0.150. The average molecular weight is 528 g/mol. The van der Waals surface area contributed by atoms with Gasteiger partial charge in [-0.15, -0.1) is 0 Å². The Kier molecular flexibility index (Phi) is 6.59. The van der Waals surface area contributed by atoms with Crippen molar-refractivity contribution in [1.29, 1.82) is 0 Å². The Labute approximate surface area is 221 Å². The van der Waals surface area contributed by atoms with Crippen LogP contribution in [0.25, 0.3) is 16.8 Å². The lowest BCUT2D eigenvalue weighted by Crippen LogP contribution is -2.54. The summed E-state index contributed by atoms with van der Waals surface area (Å²) in [6.45, 7) is 0.174. The van der Waals surface area contributed by atoms with Gasteiger partial charge in [0.1, 0.15) is 17.9 Å². The van der Waals surface area contributed by atoms with Crippen LogP contribution in [-0.2, 0) is 16.2 Å². The predicted octanol–water partition coefficient (Wildman–Crippen LogP) is 5.65. The van der Waals surface area contributed by atoms with Gasteiger partial charge in [0.05, 0.1) is 10.6 Å². The number of ether oxygens (including phenoxy) is 1. The SMILES string of the molecule is O=C1NC(=O)N(c2cccc([N+](=O)[O-])c2)C(=O)/C1=C/c1c(OCc2cccc(Cl)c2)ccc2ccccc12. The molecule has 4 aromatic carbocycles. The predicted molar refractivity (Wildman–Crippen MR) is 142 cm³/mol. The number of nitro groups is 1. The molecule has 188 valence electrons. The largest absolute Gasteiger partial charge is 0.488 e. The fraction of sp³-hybridized carbons (Fsp3) is 0.0357. The van der Waals surface area contributed by atoms with E-state index >= 15 is 0 Å². The summed E-state index contributed by atoms with van der Waals surface area (Å²) in [6, 6.07) is 22.1. The van der Waals surface area contributed by atoms with Crippen LogP contribution >= 0.6 is 11.6 Å². The molecule has 0 aromatic heterocycles. The molecule has 38 heavy (non-hydrogen) atoms. The Balaban J connectivity index is 1.58. The van der Waals surface area contributed by atoms with Crippen LogP contribution in [0.3, 0.4) is 0 Å². The summed E-state index contributed by atoms with van der Waals surface area (Å²) in [5.74, 6) is -1.42. The van der Waals surface area contributed by atoms with Crippen LogP contribution in [0.1, 0.15) is 11.1 Å². The number of hydrogen-bond donors (Lipinski definition) is 1. The van der Waals surface area contributed by atoms with Crippen molar-refractivity contribution in [3.05, 3.63) is 117 Å². The summed E-state index contributed by atoms with van der Waals surface area (Å²) in [6.07, 6.45) is 1.37. The van der Waals surface area contributed by atoms with Crippen molar-refractivity contribution in [3.8, 4) is 5.75 Å². The minimum absolute atomic E-state index is 0.0459. The number of carbonyl (C=O) groups excluding carboxylic acids is 3. The zero-order chi connectivity index (χ0) is 26.8. The lowest BCUT2D eigenvalue weighted by atomic mass is 9.99. The zero-order valence-electron chi connectivity index (χ0n) is 19.6. The molecule has 10 heteroatoms. The Hall–Kier alpha value is -5.02. The number of urea groups is 1. The third kappa shape index (κ3) is 4.82. The van der Waals surface area contributed by atoms with Gasteiger partial charge in [-0.2, -0.15) is 0 Å². The molecular formula is C28H18ClN3O6. The van der Waals surface area contributed by atoms with E-state index in [1.165, 1.54) is 24.3 Å².